The number of hydrogen-bond donors (Lipinski definition) is 0. The van der Waals surface area contributed by atoms with Crippen LogP contribution in [0.4, 0.5) is 0 Å². The molecule has 1 aliphatic rings. The predicted octanol–water partition coefficient (Wildman–Crippen LogP) is 4.26. The van der Waals surface area contributed by atoms with Gasteiger partial charge in [0.15, 0.2) is 6.61 Å². The van der Waals surface area contributed by atoms with Crippen LogP contribution in [0.3, 0.4) is 0 Å². The topological polar surface area (TPSA) is 43.4 Å². The second-order valence-corrected chi connectivity index (χ2v) is 6.08. The Labute approximate surface area is 140 Å². The van der Waals surface area contributed by atoms with E-state index in [2.05, 4.69) is 0 Å². The smallest absolute Gasteiger partial charge is 0.338 e. The van der Waals surface area contributed by atoms with Gasteiger partial charge in [-0.2, -0.15) is 0 Å². The highest BCUT2D eigenvalue weighted by Gasteiger charge is 2.16. The third kappa shape index (κ3) is 3.62. The molecule has 0 amide bonds. The second kappa shape index (κ2) is 6.97. The number of benzene rings is 2. The number of esters is 1. The first-order valence-corrected chi connectivity index (χ1v) is 8.09. The first-order valence-electron chi connectivity index (χ1n) is 7.72. The van der Waals surface area contributed by atoms with Gasteiger partial charge in [-0.1, -0.05) is 29.8 Å². The lowest BCUT2D eigenvalue weighted by molar-refractivity contribution is 0.0474. The summed E-state index contributed by atoms with van der Waals surface area (Å²) in [5.41, 5.74) is 3.38. The van der Waals surface area contributed by atoms with Crippen LogP contribution in [0.5, 0.6) is 0 Å². The van der Waals surface area contributed by atoms with Crippen molar-refractivity contribution in [1.82, 2.24) is 0 Å². The van der Waals surface area contributed by atoms with Gasteiger partial charge < -0.3 is 4.74 Å². The summed E-state index contributed by atoms with van der Waals surface area (Å²) in [6, 6.07) is 12.4. The minimum absolute atomic E-state index is 0.304. The van der Waals surface area contributed by atoms with Crippen molar-refractivity contribution in [1.29, 1.82) is 0 Å². The van der Waals surface area contributed by atoms with Crippen LogP contribution in [-0.4, -0.2) is 18.4 Å². The van der Waals surface area contributed by atoms with Crippen LogP contribution in [0.2, 0.25) is 5.02 Å². The zero-order valence-corrected chi connectivity index (χ0v) is 13.4. The fourth-order valence-corrected chi connectivity index (χ4v) is 3.08. The number of hydrogen-bond acceptors (Lipinski definition) is 3. The van der Waals surface area contributed by atoms with E-state index < -0.39 is 5.97 Å². The van der Waals surface area contributed by atoms with Gasteiger partial charge in [-0.3, -0.25) is 4.79 Å². The molecule has 0 saturated heterocycles. The van der Waals surface area contributed by atoms with Crippen molar-refractivity contribution in [3.63, 3.8) is 0 Å². The molecule has 0 spiro atoms. The van der Waals surface area contributed by atoms with E-state index in [0.29, 0.717) is 16.1 Å². The third-order valence-corrected chi connectivity index (χ3v) is 4.42. The molecule has 4 heteroatoms. The summed E-state index contributed by atoms with van der Waals surface area (Å²) >= 11 is 5.97. The molecule has 0 heterocycles. The molecule has 1 aliphatic carbocycles. The molecule has 3 nitrogen and oxygen atoms in total. The number of fused-ring (bicyclic) bond motifs is 1. The fourth-order valence-electron chi connectivity index (χ4n) is 2.84. The molecule has 0 N–H and O–H groups in total. The maximum atomic E-state index is 12.1. The number of carbonyl (C=O) groups excluding carboxylic acids is 2. The Bertz CT molecular complexity index is 752. The number of aryl methyl sites for hydroxylation is 2. The second-order valence-electron chi connectivity index (χ2n) is 5.67. The summed E-state index contributed by atoms with van der Waals surface area (Å²) in [5, 5.41) is 0.363. The van der Waals surface area contributed by atoms with Crippen LogP contribution in [0, 0.1) is 0 Å². The van der Waals surface area contributed by atoms with E-state index >= 15 is 0 Å². The molecule has 0 aliphatic heterocycles. The van der Waals surface area contributed by atoms with Crippen LogP contribution < -0.4 is 0 Å². The highest BCUT2D eigenvalue weighted by Crippen LogP contribution is 2.22. The maximum absolute atomic E-state index is 12.1. The van der Waals surface area contributed by atoms with Gasteiger partial charge in [0, 0.05) is 5.56 Å². The molecule has 0 bridgehead atoms. The first kappa shape index (κ1) is 15.8. The van der Waals surface area contributed by atoms with Crippen molar-refractivity contribution in [2.45, 2.75) is 25.7 Å². The van der Waals surface area contributed by atoms with Gasteiger partial charge in [-0.15, -0.1) is 0 Å². The Balaban J connectivity index is 1.66. The van der Waals surface area contributed by atoms with Crippen molar-refractivity contribution in [2.75, 3.05) is 6.61 Å². The summed E-state index contributed by atoms with van der Waals surface area (Å²) in [6.45, 7) is -0.306. The number of Topliss-reactive ketones (excluding diaryl/α,β-unsaturated/α-hetero) is 1. The van der Waals surface area contributed by atoms with Gasteiger partial charge >= 0.3 is 5.97 Å². The Kier molecular flexibility index (Phi) is 4.77. The Morgan fingerprint density at radius 2 is 1.74 bits per heavy atom. The molecule has 2 aromatic rings. The molecule has 2 aromatic carbocycles. The van der Waals surface area contributed by atoms with Crippen LogP contribution in [0.25, 0.3) is 0 Å². The Morgan fingerprint density at radius 1 is 1.00 bits per heavy atom. The SMILES string of the molecule is O=C(OCC(=O)c1ccccc1Cl)c1ccc2c(c1)CCCC2. The summed E-state index contributed by atoms with van der Waals surface area (Å²) < 4.78 is 5.14. The molecule has 118 valence electrons. The molecule has 0 saturated carbocycles. The Hall–Kier alpha value is -2.13. The van der Waals surface area contributed by atoms with E-state index in [1.807, 2.05) is 12.1 Å². The minimum atomic E-state index is -0.473. The van der Waals surface area contributed by atoms with E-state index in [0.717, 1.165) is 19.3 Å². The van der Waals surface area contributed by atoms with Crippen molar-refractivity contribution in [3.8, 4) is 0 Å². The predicted molar refractivity (Wildman–Crippen MR) is 89.1 cm³/mol. The first-order chi connectivity index (χ1) is 11.1. The van der Waals surface area contributed by atoms with E-state index in [-0.39, 0.29) is 12.4 Å². The molecule has 23 heavy (non-hydrogen) atoms. The zero-order chi connectivity index (χ0) is 16.2. The number of carbonyl (C=O) groups is 2. The molecule has 0 radical (unpaired) electrons. The van der Waals surface area contributed by atoms with E-state index in [1.165, 1.54) is 17.5 Å². The molecular formula is C19H17ClO3. The lowest BCUT2D eigenvalue weighted by Gasteiger charge is -2.16. The average Bonchev–Trinajstić information content (AvgIpc) is 2.59. The van der Waals surface area contributed by atoms with Crippen LogP contribution in [0.15, 0.2) is 42.5 Å². The van der Waals surface area contributed by atoms with E-state index in [9.17, 15) is 9.59 Å². The molecule has 0 unspecified atom stereocenters. The van der Waals surface area contributed by atoms with Gasteiger partial charge in [-0.05, 0) is 61.1 Å². The largest absolute Gasteiger partial charge is 0.454 e. The van der Waals surface area contributed by atoms with Gasteiger partial charge in [-0.25, -0.2) is 4.79 Å². The quantitative estimate of drug-likeness (QED) is 0.622. The summed E-state index contributed by atoms with van der Waals surface area (Å²) in [5.74, 6) is -0.777. The minimum Gasteiger partial charge on any atom is -0.454 e. The normalized spacial score (nSPS) is 13.3. The van der Waals surface area contributed by atoms with Gasteiger partial charge in [0.1, 0.15) is 0 Å². The number of ketones is 1. The van der Waals surface area contributed by atoms with Gasteiger partial charge in [0.25, 0.3) is 0 Å². The number of ether oxygens (including phenoxy) is 1. The lowest BCUT2D eigenvalue weighted by Crippen LogP contribution is -2.15. The highest BCUT2D eigenvalue weighted by atomic mass is 35.5. The molecular weight excluding hydrogens is 312 g/mol. The van der Waals surface area contributed by atoms with Crippen LogP contribution in [0.1, 0.15) is 44.7 Å². The summed E-state index contributed by atoms with van der Waals surface area (Å²) in [4.78, 5) is 24.2. The monoisotopic (exact) mass is 328 g/mol. The van der Waals surface area contributed by atoms with Crippen molar-refractivity contribution < 1.29 is 14.3 Å². The van der Waals surface area contributed by atoms with E-state index in [1.54, 1.807) is 30.3 Å². The standard InChI is InChI=1S/C19H17ClO3/c20-17-8-4-3-7-16(17)18(21)12-23-19(22)15-10-9-13-5-1-2-6-14(13)11-15/h3-4,7-11H,1-2,5-6,12H2. The molecule has 0 atom stereocenters. The van der Waals surface area contributed by atoms with Crippen LogP contribution in [-0.2, 0) is 17.6 Å². The number of rotatable bonds is 4. The summed E-state index contributed by atoms with van der Waals surface area (Å²) in [6.07, 6.45) is 4.41. The van der Waals surface area contributed by atoms with Crippen molar-refractivity contribution in [2.24, 2.45) is 0 Å². The molecule has 0 fully saturated rings. The van der Waals surface area contributed by atoms with Gasteiger partial charge in [0.05, 0.1) is 10.6 Å². The molecule has 0 aromatic heterocycles. The van der Waals surface area contributed by atoms with E-state index in [4.69, 9.17) is 16.3 Å². The summed E-state index contributed by atoms with van der Waals surface area (Å²) in [7, 11) is 0. The highest BCUT2D eigenvalue weighted by molar-refractivity contribution is 6.34. The van der Waals surface area contributed by atoms with Crippen molar-refractivity contribution >= 4 is 23.4 Å². The number of halogens is 1. The van der Waals surface area contributed by atoms with Crippen LogP contribution >= 0.6 is 11.6 Å². The Morgan fingerprint density at radius 3 is 2.52 bits per heavy atom. The maximum Gasteiger partial charge on any atom is 0.338 e. The van der Waals surface area contributed by atoms with Gasteiger partial charge in [0.2, 0.25) is 5.78 Å². The fraction of sp³-hybridized carbons (Fsp3) is 0.263. The van der Waals surface area contributed by atoms with Crippen molar-refractivity contribution in [3.05, 3.63) is 69.7 Å². The molecule has 3 rings (SSSR count). The third-order valence-electron chi connectivity index (χ3n) is 4.09. The average molecular weight is 329 g/mol. The lowest BCUT2D eigenvalue weighted by atomic mass is 9.90. The zero-order valence-electron chi connectivity index (χ0n) is 12.7.